The summed E-state index contributed by atoms with van der Waals surface area (Å²) in [7, 11) is 0. The summed E-state index contributed by atoms with van der Waals surface area (Å²) >= 11 is 0. The molecule has 0 spiro atoms. The fourth-order valence-electron chi connectivity index (χ4n) is 0.986. The molecule has 0 radical (unpaired) electrons. The lowest BCUT2D eigenvalue weighted by atomic mass is 10.3. The molecule has 0 aliphatic rings. The molecule has 0 saturated heterocycles. The lowest BCUT2D eigenvalue weighted by molar-refractivity contribution is -0.387. The zero-order chi connectivity index (χ0) is 11.4. The first kappa shape index (κ1) is 11.4. The molecule has 0 aliphatic carbocycles. The van der Waals surface area contributed by atoms with Crippen LogP contribution >= 0.6 is 0 Å². The zero-order valence-electron chi connectivity index (χ0n) is 8.00. The second-order valence-electron chi connectivity index (χ2n) is 2.82. The van der Waals surface area contributed by atoms with Crippen molar-refractivity contribution >= 4 is 5.69 Å². The fourth-order valence-corrected chi connectivity index (χ4v) is 0.986. The van der Waals surface area contributed by atoms with Crippen molar-refractivity contribution in [2.45, 2.75) is 13.3 Å². The molecule has 0 fully saturated rings. The molecule has 0 aliphatic heterocycles. The van der Waals surface area contributed by atoms with Crippen molar-refractivity contribution < 1.29 is 18.4 Å². The second kappa shape index (κ2) is 4.68. The molecule has 0 atom stereocenters. The summed E-state index contributed by atoms with van der Waals surface area (Å²) in [6, 6.07) is 1.93. The van der Waals surface area contributed by atoms with Crippen molar-refractivity contribution in [2.24, 2.45) is 0 Å². The maximum absolute atomic E-state index is 13.1. The van der Waals surface area contributed by atoms with Gasteiger partial charge in [0.2, 0.25) is 11.6 Å². The van der Waals surface area contributed by atoms with E-state index in [-0.39, 0.29) is 12.4 Å². The highest BCUT2D eigenvalue weighted by atomic mass is 19.2. The normalized spacial score (nSPS) is 10.1. The van der Waals surface area contributed by atoms with Gasteiger partial charge >= 0.3 is 5.69 Å². The zero-order valence-corrected chi connectivity index (χ0v) is 8.00. The second-order valence-corrected chi connectivity index (χ2v) is 2.82. The van der Waals surface area contributed by atoms with E-state index in [4.69, 9.17) is 4.74 Å². The standard InChI is InChI=1S/C9H9F2NO3/c1-2-5-15-7-4-3-6(12(13)14)8(10)9(7)11/h3-4H,2,5H2,1H3. The molecule has 4 nitrogen and oxygen atoms in total. The average molecular weight is 217 g/mol. The van der Waals surface area contributed by atoms with E-state index in [0.717, 1.165) is 12.1 Å². The highest BCUT2D eigenvalue weighted by Gasteiger charge is 2.21. The van der Waals surface area contributed by atoms with Crippen molar-refractivity contribution in [1.29, 1.82) is 0 Å². The van der Waals surface area contributed by atoms with Gasteiger partial charge in [-0.15, -0.1) is 0 Å². The largest absolute Gasteiger partial charge is 0.490 e. The minimum absolute atomic E-state index is 0.230. The summed E-state index contributed by atoms with van der Waals surface area (Å²) in [4.78, 5) is 9.27. The van der Waals surface area contributed by atoms with E-state index in [2.05, 4.69) is 0 Å². The van der Waals surface area contributed by atoms with Crippen LogP contribution in [-0.2, 0) is 0 Å². The predicted octanol–water partition coefficient (Wildman–Crippen LogP) is 2.66. The number of nitro benzene ring substituents is 1. The smallest absolute Gasteiger partial charge is 0.308 e. The first-order valence-corrected chi connectivity index (χ1v) is 4.33. The molecule has 0 bridgehead atoms. The monoisotopic (exact) mass is 217 g/mol. The molecule has 0 unspecified atom stereocenters. The third-order valence-corrected chi connectivity index (χ3v) is 1.68. The van der Waals surface area contributed by atoms with Crippen LogP contribution in [0.3, 0.4) is 0 Å². The molecule has 0 heterocycles. The molecule has 1 rings (SSSR count). The van der Waals surface area contributed by atoms with Crippen LogP contribution in [0.25, 0.3) is 0 Å². The number of halogens is 2. The van der Waals surface area contributed by atoms with E-state index < -0.39 is 22.2 Å². The summed E-state index contributed by atoms with van der Waals surface area (Å²) in [5.41, 5.74) is -0.892. The van der Waals surface area contributed by atoms with E-state index in [0.29, 0.717) is 6.42 Å². The van der Waals surface area contributed by atoms with E-state index in [1.165, 1.54) is 0 Å². The van der Waals surface area contributed by atoms with Crippen molar-refractivity contribution in [1.82, 2.24) is 0 Å². The number of benzene rings is 1. The van der Waals surface area contributed by atoms with Crippen LogP contribution in [0.1, 0.15) is 13.3 Å². The van der Waals surface area contributed by atoms with Crippen LogP contribution in [0.5, 0.6) is 5.75 Å². The molecule has 82 valence electrons. The number of ether oxygens (including phenoxy) is 1. The topological polar surface area (TPSA) is 52.4 Å². The Kier molecular flexibility index (Phi) is 3.54. The van der Waals surface area contributed by atoms with Gasteiger partial charge in [-0.25, -0.2) is 0 Å². The van der Waals surface area contributed by atoms with Gasteiger partial charge in [0.05, 0.1) is 11.5 Å². The number of nitrogens with zero attached hydrogens (tertiary/aromatic N) is 1. The quantitative estimate of drug-likeness (QED) is 0.575. The Morgan fingerprint density at radius 3 is 2.60 bits per heavy atom. The summed E-state index contributed by atoms with van der Waals surface area (Å²) in [5.74, 6) is -3.12. The van der Waals surface area contributed by atoms with Gasteiger partial charge in [0.25, 0.3) is 0 Å². The van der Waals surface area contributed by atoms with Gasteiger partial charge in [-0.1, -0.05) is 6.92 Å². The molecule has 0 aromatic heterocycles. The highest BCUT2D eigenvalue weighted by molar-refractivity contribution is 5.39. The van der Waals surface area contributed by atoms with E-state index in [1.807, 2.05) is 0 Å². The molecule has 1 aromatic rings. The lowest BCUT2D eigenvalue weighted by Crippen LogP contribution is -2.01. The summed E-state index contributed by atoms with van der Waals surface area (Å²) in [6.07, 6.45) is 0.637. The van der Waals surface area contributed by atoms with Crippen LogP contribution in [0.15, 0.2) is 12.1 Å². The van der Waals surface area contributed by atoms with Crippen LogP contribution < -0.4 is 4.74 Å². The molecule has 6 heteroatoms. The van der Waals surface area contributed by atoms with Crippen molar-refractivity contribution in [3.05, 3.63) is 33.9 Å². The van der Waals surface area contributed by atoms with E-state index >= 15 is 0 Å². The van der Waals surface area contributed by atoms with Gasteiger partial charge in [-0.05, 0) is 12.5 Å². The molecule has 15 heavy (non-hydrogen) atoms. The van der Waals surface area contributed by atoms with Gasteiger partial charge in [0.15, 0.2) is 5.75 Å². The Labute approximate surface area is 84.6 Å². The van der Waals surface area contributed by atoms with Crippen molar-refractivity contribution in [3.8, 4) is 5.75 Å². The molecule has 0 saturated carbocycles. The fraction of sp³-hybridized carbons (Fsp3) is 0.333. The first-order valence-electron chi connectivity index (χ1n) is 4.33. The van der Waals surface area contributed by atoms with Gasteiger partial charge in [0, 0.05) is 6.07 Å². The Bertz CT molecular complexity index is 382. The Morgan fingerprint density at radius 1 is 1.40 bits per heavy atom. The third-order valence-electron chi connectivity index (χ3n) is 1.68. The maximum atomic E-state index is 13.1. The number of hydrogen-bond acceptors (Lipinski definition) is 3. The summed E-state index contributed by atoms with van der Waals surface area (Å²) in [5, 5.41) is 10.3. The Hall–Kier alpha value is -1.72. The number of nitro groups is 1. The van der Waals surface area contributed by atoms with Gasteiger partial charge < -0.3 is 4.74 Å². The van der Waals surface area contributed by atoms with Crippen LogP contribution in [-0.4, -0.2) is 11.5 Å². The predicted molar refractivity (Wildman–Crippen MR) is 48.8 cm³/mol. The van der Waals surface area contributed by atoms with E-state index in [9.17, 15) is 18.9 Å². The molecule has 1 aromatic carbocycles. The minimum atomic E-state index is -1.49. The number of hydrogen-bond donors (Lipinski definition) is 0. The van der Waals surface area contributed by atoms with Gasteiger partial charge in [-0.3, -0.25) is 10.1 Å². The summed E-state index contributed by atoms with van der Waals surface area (Å²) in [6.45, 7) is 2.04. The number of rotatable bonds is 4. The van der Waals surface area contributed by atoms with Crippen molar-refractivity contribution in [3.63, 3.8) is 0 Å². The Morgan fingerprint density at radius 2 is 2.07 bits per heavy atom. The molecular formula is C9H9F2NO3. The van der Waals surface area contributed by atoms with Crippen LogP contribution in [0.2, 0.25) is 0 Å². The SMILES string of the molecule is CCCOc1ccc([N+](=O)[O-])c(F)c1F. The van der Waals surface area contributed by atoms with Gasteiger partial charge in [0.1, 0.15) is 0 Å². The Balaban J connectivity index is 3.04. The molecular weight excluding hydrogens is 208 g/mol. The molecule has 0 N–H and O–H groups in total. The average Bonchev–Trinajstić information content (AvgIpc) is 2.20. The minimum Gasteiger partial charge on any atom is -0.490 e. The molecule has 0 amide bonds. The van der Waals surface area contributed by atoms with Crippen molar-refractivity contribution in [2.75, 3.05) is 6.61 Å². The third kappa shape index (κ3) is 2.39. The van der Waals surface area contributed by atoms with Crippen LogP contribution in [0.4, 0.5) is 14.5 Å². The van der Waals surface area contributed by atoms with Gasteiger partial charge in [-0.2, -0.15) is 8.78 Å². The van der Waals surface area contributed by atoms with E-state index in [1.54, 1.807) is 6.92 Å². The van der Waals surface area contributed by atoms with Crippen LogP contribution in [0, 0.1) is 21.7 Å². The summed E-state index contributed by atoms with van der Waals surface area (Å²) < 4.78 is 31.0. The maximum Gasteiger partial charge on any atom is 0.308 e. The highest BCUT2D eigenvalue weighted by Crippen LogP contribution is 2.27. The lowest BCUT2D eigenvalue weighted by Gasteiger charge is -2.05. The first-order chi connectivity index (χ1) is 7.07.